The Hall–Kier alpha value is -3.74. The molecule has 4 nitrogen and oxygen atoms in total. The molecule has 0 aliphatic heterocycles. The first-order chi connectivity index (χ1) is 16.1. The summed E-state index contributed by atoms with van der Waals surface area (Å²) in [7, 11) is 0. The van der Waals surface area contributed by atoms with E-state index in [-0.39, 0.29) is 10.3 Å². The smallest absolute Gasteiger partial charge is 0.266 e. The number of hydrogen-bond donors (Lipinski definition) is 2. The molecule has 0 aliphatic rings. The van der Waals surface area contributed by atoms with Crippen molar-refractivity contribution in [2.24, 2.45) is 0 Å². The third kappa shape index (κ3) is 5.03. The summed E-state index contributed by atoms with van der Waals surface area (Å²) >= 11 is 10.4. The molecule has 33 heavy (non-hydrogen) atoms. The lowest BCUT2D eigenvalue weighted by molar-refractivity contribution is 0.557. The van der Waals surface area contributed by atoms with Crippen LogP contribution in [0.5, 0.6) is 0 Å². The predicted octanol–water partition coefficient (Wildman–Crippen LogP) is 7.24. The maximum absolute atomic E-state index is 10.4. The van der Waals surface area contributed by atoms with Crippen molar-refractivity contribution in [2.45, 2.75) is 6.42 Å². The van der Waals surface area contributed by atoms with Gasteiger partial charge >= 0.3 is 0 Å². The third-order valence-corrected chi connectivity index (χ3v) is 5.62. The van der Waals surface area contributed by atoms with Gasteiger partial charge in [-0.25, -0.2) is 0 Å². The lowest BCUT2D eigenvalue weighted by Crippen LogP contribution is -2.25. The molecule has 4 aromatic carbocycles. The fraction of sp³-hybridized carbons (Fsp3) is 0.0370. The van der Waals surface area contributed by atoms with Crippen LogP contribution in [0.2, 0.25) is 0 Å². The van der Waals surface area contributed by atoms with Crippen LogP contribution >= 0.6 is 24.4 Å². The SMILES string of the molecule is OC(=S)N(c1ccccc1)c1ccccc1Cc1ccccc1N(C(O)=S)c1ccccc1. The Balaban J connectivity index is 1.78. The van der Waals surface area contributed by atoms with Crippen molar-refractivity contribution in [3.63, 3.8) is 0 Å². The standard InChI is InChI=1S/C27H22N2O2S2/c30-26(32)28(22-13-3-1-4-14-22)24-17-9-7-11-20(24)19-21-12-8-10-18-25(21)29(27(31)33)23-15-5-2-6-16-23/h1-18H,19H2,(H,30,32)(H,31,33). The van der Waals surface area contributed by atoms with Gasteiger partial charge in [0.2, 0.25) is 0 Å². The van der Waals surface area contributed by atoms with Crippen LogP contribution < -0.4 is 9.80 Å². The van der Waals surface area contributed by atoms with Gasteiger partial charge in [-0.2, -0.15) is 0 Å². The minimum absolute atomic E-state index is 0.232. The minimum Gasteiger partial charge on any atom is -0.486 e. The van der Waals surface area contributed by atoms with Gasteiger partial charge in [0.15, 0.2) is 0 Å². The van der Waals surface area contributed by atoms with Gasteiger partial charge in [0.25, 0.3) is 10.3 Å². The Bertz CT molecular complexity index is 1160. The number of benzene rings is 4. The van der Waals surface area contributed by atoms with Crippen molar-refractivity contribution in [3.8, 4) is 0 Å². The van der Waals surface area contributed by atoms with Gasteiger partial charge in [-0.05, 0) is 72.0 Å². The van der Waals surface area contributed by atoms with Gasteiger partial charge in [-0.15, -0.1) is 0 Å². The summed E-state index contributed by atoms with van der Waals surface area (Å²) in [5, 5.41) is 20.3. The van der Waals surface area contributed by atoms with E-state index in [2.05, 4.69) is 0 Å². The molecule has 4 aromatic rings. The highest BCUT2D eigenvalue weighted by molar-refractivity contribution is 7.80. The van der Waals surface area contributed by atoms with Crippen LogP contribution in [0.25, 0.3) is 0 Å². The largest absolute Gasteiger partial charge is 0.486 e. The Morgan fingerprint density at radius 3 is 1.21 bits per heavy atom. The maximum Gasteiger partial charge on any atom is 0.266 e. The van der Waals surface area contributed by atoms with Crippen LogP contribution in [0.4, 0.5) is 22.7 Å². The van der Waals surface area contributed by atoms with E-state index in [4.69, 9.17) is 24.4 Å². The van der Waals surface area contributed by atoms with Gasteiger partial charge in [-0.1, -0.05) is 72.8 Å². The van der Waals surface area contributed by atoms with Gasteiger partial charge in [-0.3, -0.25) is 9.80 Å². The van der Waals surface area contributed by atoms with Crippen LogP contribution in [-0.2, 0) is 6.42 Å². The Kier molecular flexibility index (Phi) is 6.98. The van der Waals surface area contributed by atoms with E-state index >= 15 is 0 Å². The van der Waals surface area contributed by atoms with E-state index in [1.807, 2.05) is 109 Å². The van der Waals surface area contributed by atoms with E-state index in [0.717, 1.165) is 33.9 Å². The molecule has 6 heteroatoms. The van der Waals surface area contributed by atoms with Gasteiger partial charge in [0.05, 0.1) is 11.4 Å². The lowest BCUT2D eigenvalue weighted by Gasteiger charge is -2.27. The quantitative estimate of drug-likeness (QED) is 0.290. The summed E-state index contributed by atoms with van der Waals surface area (Å²) in [6, 6.07) is 34.6. The number of nitrogens with zero attached hydrogens (tertiary/aromatic N) is 2. The molecule has 2 N–H and O–H groups in total. The summed E-state index contributed by atoms with van der Waals surface area (Å²) in [6.07, 6.45) is 0.532. The number of para-hydroxylation sites is 4. The molecule has 164 valence electrons. The number of hydrogen-bond acceptors (Lipinski definition) is 2. The minimum atomic E-state index is -0.232. The second-order valence-corrected chi connectivity index (χ2v) is 8.07. The molecule has 0 unspecified atom stereocenters. The first-order valence-electron chi connectivity index (χ1n) is 10.4. The summed E-state index contributed by atoms with van der Waals surface area (Å²) in [5.74, 6) is 0. The van der Waals surface area contributed by atoms with Gasteiger partial charge in [0.1, 0.15) is 0 Å². The average Bonchev–Trinajstić information content (AvgIpc) is 2.82. The van der Waals surface area contributed by atoms with E-state index in [9.17, 15) is 10.2 Å². The fourth-order valence-corrected chi connectivity index (χ4v) is 4.23. The molecule has 0 aromatic heterocycles. The van der Waals surface area contributed by atoms with Crippen LogP contribution in [-0.4, -0.2) is 20.6 Å². The summed E-state index contributed by atoms with van der Waals surface area (Å²) < 4.78 is 0. The van der Waals surface area contributed by atoms with Crippen LogP contribution in [0.15, 0.2) is 109 Å². The first-order valence-corrected chi connectivity index (χ1v) is 11.2. The summed E-state index contributed by atoms with van der Waals surface area (Å²) in [4.78, 5) is 3.30. The van der Waals surface area contributed by atoms with Gasteiger partial charge < -0.3 is 10.2 Å². The van der Waals surface area contributed by atoms with Crippen molar-refractivity contribution in [2.75, 3.05) is 9.80 Å². The highest BCUT2D eigenvalue weighted by Gasteiger charge is 2.20. The normalized spacial score (nSPS) is 10.4. The highest BCUT2D eigenvalue weighted by Crippen LogP contribution is 2.34. The molecule has 4 rings (SSSR count). The van der Waals surface area contributed by atoms with E-state index in [1.165, 1.54) is 0 Å². The molecule has 0 spiro atoms. The number of anilines is 4. The number of thiocarbonyl (C=S) groups is 2. The Morgan fingerprint density at radius 1 is 0.515 bits per heavy atom. The highest BCUT2D eigenvalue weighted by atomic mass is 32.1. The van der Waals surface area contributed by atoms with E-state index < -0.39 is 0 Å². The Morgan fingerprint density at radius 2 is 0.848 bits per heavy atom. The molecule has 0 heterocycles. The second kappa shape index (κ2) is 10.3. The molecule has 0 amide bonds. The molecule has 0 aliphatic carbocycles. The van der Waals surface area contributed by atoms with Crippen molar-refractivity contribution < 1.29 is 10.2 Å². The number of aliphatic hydroxyl groups is 2. The molecule has 0 saturated carbocycles. The summed E-state index contributed by atoms with van der Waals surface area (Å²) in [6.45, 7) is 0. The molecule has 0 fully saturated rings. The number of aliphatic hydroxyl groups excluding tert-OH is 2. The number of rotatable bonds is 6. The van der Waals surface area contributed by atoms with E-state index in [1.54, 1.807) is 9.80 Å². The maximum atomic E-state index is 10.4. The predicted molar refractivity (Wildman–Crippen MR) is 143 cm³/mol. The van der Waals surface area contributed by atoms with Crippen molar-refractivity contribution >= 4 is 57.5 Å². The van der Waals surface area contributed by atoms with Crippen LogP contribution in [0.1, 0.15) is 11.1 Å². The molecule has 0 saturated heterocycles. The van der Waals surface area contributed by atoms with E-state index in [0.29, 0.717) is 6.42 Å². The molecule has 0 radical (unpaired) electrons. The zero-order chi connectivity index (χ0) is 23.2. The van der Waals surface area contributed by atoms with Gasteiger partial charge in [0, 0.05) is 17.8 Å². The van der Waals surface area contributed by atoms with Crippen molar-refractivity contribution in [1.29, 1.82) is 0 Å². The fourth-order valence-electron chi connectivity index (χ4n) is 3.82. The topological polar surface area (TPSA) is 46.9 Å². The molecule has 0 bridgehead atoms. The average molecular weight is 471 g/mol. The molecule has 0 atom stereocenters. The summed E-state index contributed by atoms with van der Waals surface area (Å²) in [5.41, 5.74) is 5.03. The van der Waals surface area contributed by atoms with Crippen molar-refractivity contribution in [1.82, 2.24) is 0 Å². The van der Waals surface area contributed by atoms with Crippen molar-refractivity contribution in [3.05, 3.63) is 120 Å². The first kappa shape index (κ1) is 22.5. The molecular formula is C27H22N2O2S2. The zero-order valence-corrected chi connectivity index (χ0v) is 19.3. The third-order valence-electron chi connectivity index (χ3n) is 5.26. The lowest BCUT2D eigenvalue weighted by atomic mass is 10.00. The van der Waals surface area contributed by atoms with Crippen LogP contribution in [0, 0.1) is 0 Å². The van der Waals surface area contributed by atoms with Crippen LogP contribution in [0.3, 0.4) is 0 Å². The molecular weight excluding hydrogens is 448 g/mol. The second-order valence-electron chi connectivity index (χ2n) is 7.34. The monoisotopic (exact) mass is 470 g/mol. The Labute approximate surface area is 204 Å². The zero-order valence-electron chi connectivity index (χ0n) is 17.7.